The van der Waals surface area contributed by atoms with Gasteiger partial charge in [-0.15, -0.1) is 0 Å². The van der Waals surface area contributed by atoms with Crippen molar-refractivity contribution in [3.8, 4) is 11.1 Å². The lowest BCUT2D eigenvalue weighted by atomic mass is 10.1. The van der Waals surface area contributed by atoms with Crippen molar-refractivity contribution >= 4 is 17.2 Å². The van der Waals surface area contributed by atoms with Crippen molar-refractivity contribution in [2.24, 2.45) is 0 Å². The Morgan fingerprint density at radius 3 is 2.95 bits per heavy atom. The van der Waals surface area contributed by atoms with Crippen LogP contribution in [0.1, 0.15) is 11.3 Å². The van der Waals surface area contributed by atoms with Gasteiger partial charge >= 0.3 is 0 Å². The molecular formula is C17H15N3O. The highest BCUT2D eigenvalue weighted by Gasteiger charge is 2.14. The highest BCUT2D eigenvalue weighted by atomic mass is 16.3. The second kappa shape index (κ2) is 4.66. The molecule has 2 aromatic heterocycles. The summed E-state index contributed by atoms with van der Waals surface area (Å²) in [6, 6.07) is 12.4. The number of hydrogen-bond acceptors (Lipinski definition) is 4. The summed E-state index contributed by atoms with van der Waals surface area (Å²) in [5.74, 6) is 1.84. The molecule has 104 valence electrons. The first-order valence-electron chi connectivity index (χ1n) is 6.94. The minimum absolute atomic E-state index is 0.761. The second-order valence-corrected chi connectivity index (χ2v) is 5.14. The number of fused-ring (bicyclic) bond motifs is 2. The lowest BCUT2D eigenvalue weighted by molar-refractivity contribution is 0.535. The molecule has 0 aliphatic carbocycles. The first-order chi connectivity index (χ1) is 10.3. The van der Waals surface area contributed by atoms with Crippen LogP contribution in [0.15, 0.2) is 53.3 Å². The van der Waals surface area contributed by atoms with Crippen molar-refractivity contribution in [3.63, 3.8) is 0 Å². The van der Waals surface area contributed by atoms with Crippen molar-refractivity contribution in [2.45, 2.75) is 13.5 Å². The summed E-state index contributed by atoms with van der Waals surface area (Å²) in [6.07, 6.45) is 3.53. The molecule has 1 aromatic carbocycles. The van der Waals surface area contributed by atoms with Crippen LogP contribution in [-0.4, -0.2) is 4.98 Å². The van der Waals surface area contributed by atoms with Crippen LogP contribution in [-0.2, 0) is 6.54 Å². The molecule has 0 spiro atoms. The molecule has 4 nitrogen and oxygen atoms in total. The molecule has 0 atom stereocenters. The first kappa shape index (κ1) is 12.0. The van der Waals surface area contributed by atoms with E-state index in [1.54, 1.807) is 12.5 Å². The fraction of sp³-hybridized carbons (Fsp3) is 0.118. The van der Waals surface area contributed by atoms with Crippen LogP contribution in [0.25, 0.3) is 11.1 Å². The summed E-state index contributed by atoms with van der Waals surface area (Å²) < 4.78 is 5.39. The van der Waals surface area contributed by atoms with Gasteiger partial charge in [0.25, 0.3) is 0 Å². The first-order valence-corrected chi connectivity index (χ1v) is 6.94. The third kappa shape index (κ3) is 2.05. The molecule has 0 saturated heterocycles. The number of aromatic nitrogens is 1. The van der Waals surface area contributed by atoms with Crippen molar-refractivity contribution in [2.75, 3.05) is 10.6 Å². The quantitative estimate of drug-likeness (QED) is 0.695. The van der Waals surface area contributed by atoms with Gasteiger partial charge in [0.2, 0.25) is 0 Å². The van der Waals surface area contributed by atoms with Crippen LogP contribution in [0.5, 0.6) is 0 Å². The molecular weight excluding hydrogens is 262 g/mol. The van der Waals surface area contributed by atoms with E-state index in [0.29, 0.717) is 0 Å². The predicted octanol–water partition coefficient (Wildman–Crippen LogP) is 4.32. The fourth-order valence-electron chi connectivity index (χ4n) is 2.66. The SMILES string of the molecule is Cc1occc1-c1ccc2c(c1)NCc1cccnc1N2. The number of benzene rings is 1. The maximum atomic E-state index is 5.39. The molecule has 21 heavy (non-hydrogen) atoms. The number of rotatable bonds is 1. The van der Waals surface area contributed by atoms with E-state index < -0.39 is 0 Å². The van der Waals surface area contributed by atoms with Gasteiger partial charge in [0.15, 0.2) is 0 Å². The molecule has 4 heteroatoms. The Kier molecular flexibility index (Phi) is 2.67. The Balaban J connectivity index is 1.76. The van der Waals surface area contributed by atoms with Crippen molar-refractivity contribution in [1.29, 1.82) is 0 Å². The smallest absolute Gasteiger partial charge is 0.135 e. The van der Waals surface area contributed by atoms with Crippen LogP contribution in [0.2, 0.25) is 0 Å². The van der Waals surface area contributed by atoms with Gasteiger partial charge in [-0.1, -0.05) is 12.1 Å². The molecule has 0 unspecified atom stereocenters. The van der Waals surface area contributed by atoms with Crippen LogP contribution in [0.3, 0.4) is 0 Å². The predicted molar refractivity (Wildman–Crippen MR) is 83.7 cm³/mol. The minimum atomic E-state index is 0.761. The van der Waals surface area contributed by atoms with E-state index in [2.05, 4.69) is 39.9 Å². The van der Waals surface area contributed by atoms with Gasteiger partial charge in [-0.2, -0.15) is 0 Å². The fourth-order valence-corrected chi connectivity index (χ4v) is 2.66. The molecule has 1 aliphatic heterocycles. The third-order valence-corrected chi connectivity index (χ3v) is 3.80. The topological polar surface area (TPSA) is 50.1 Å². The van der Waals surface area contributed by atoms with E-state index in [0.717, 1.165) is 46.2 Å². The monoisotopic (exact) mass is 277 g/mol. The molecule has 0 bridgehead atoms. The van der Waals surface area contributed by atoms with E-state index in [1.807, 2.05) is 19.1 Å². The number of nitrogens with one attached hydrogen (secondary N) is 2. The minimum Gasteiger partial charge on any atom is -0.469 e. The largest absolute Gasteiger partial charge is 0.469 e. The van der Waals surface area contributed by atoms with Gasteiger partial charge < -0.3 is 15.1 Å². The molecule has 2 N–H and O–H groups in total. The summed E-state index contributed by atoms with van der Waals surface area (Å²) in [5, 5.41) is 6.86. The second-order valence-electron chi connectivity index (χ2n) is 5.14. The van der Waals surface area contributed by atoms with E-state index in [9.17, 15) is 0 Å². The molecule has 3 heterocycles. The molecule has 4 rings (SSSR count). The lowest BCUT2D eigenvalue weighted by Gasteiger charge is -2.10. The number of pyridine rings is 1. The summed E-state index contributed by atoms with van der Waals surface area (Å²) in [7, 11) is 0. The number of furan rings is 1. The zero-order valence-electron chi connectivity index (χ0n) is 11.7. The zero-order valence-corrected chi connectivity index (χ0v) is 11.7. The highest BCUT2D eigenvalue weighted by Crippen LogP contribution is 2.35. The van der Waals surface area contributed by atoms with E-state index in [4.69, 9.17) is 4.42 Å². The Bertz CT molecular complexity index is 807. The average Bonchev–Trinajstić information content (AvgIpc) is 2.84. The van der Waals surface area contributed by atoms with Crippen molar-refractivity contribution in [3.05, 3.63) is 60.2 Å². The third-order valence-electron chi connectivity index (χ3n) is 3.80. The van der Waals surface area contributed by atoms with Crippen LogP contribution in [0, 0.1) is 6.92 Å². The van der Waals surface area contributed by atoms with Gasteiger partial charge in [-0.05, 0) is 36.8 Å². The molecule has 3 aromatic rings. The number of aryl methyl sites for hydroxylation is 1. The maximum Gasteiger partial charge on any atom is 0.135 e. The normalized spacial score (nSPS) is 12.6. The van der Waals surface area contributed by atoms with Gasteiger partial charge in [-0.3, -0.25) is 0 Å². The molecule has 0 amide bonds. The lowest BCUT2D eigenvalue weighted by Crippen LogP contribution is -1.98. The molecule has 0 radical (unpaired) electrons. The molecule has 0 saturated carbocycles. The van der Waals surface area contributed by atoms with E-state index in [-0.39, 0.29) is 0 Å². The summed E-state index contributed by atoms with van der Waals surface area (Å²) in [5.41, 5.74) is 5.55. The highest BCUT2D eigenvalue weighted by molar-refractivity contribution is 5.82. The van der Waals surface area contributed by atoms with Gasteiger partial charge in [-0.25, -0.2) is 4.98 Å². The average molecular weight is 277 g/mol. The Hall–Kier alpha value is -2.75. The Labute approximate surface area is 122 Å². The molecule has 1 aliphatic rings. The van der Waals surface area contributed by atoms with Crippen LogP contribution in [0.4, 0.5) is 17.2 Å². The summed E-state index contributed by atoms with van der Waals surface area (Å²) in [6.45, 7) is 2.74. The summed E-state index contributed by atoms with van der Waals surface area (Å²) in [4.78, 5) is 4.40. The standard InChI is InChI=1S/C17H15N3O/c1-11-14(6-8-21-11)12-4-5-15-16(9-12)19-10-13-3-2-7-18-17(13)20-15/h2-9,19H,10H2,1H3,(H,18,20). The van der Waals surface area contributed by atoms with E-state index >= 15 is 0 Å². The number of nitrogens with zero attached hydrogens (tertiary/aromatic N) is 1. The van der Waals surface area contributed by atoms with Crippen molar-refractivity contribution in [1.82, 2.24) is 4.98 Å². The van der Waals surface area contributed by atoms with Crippen LogP contribution < -0.4 is 10.6 Å². The van der Waals surface area contributed by atoms with Crippen molar-refractivity contribution < 1.29 is 4.42 Å². The van der Waals surface area contributed by atoms with Gasteiger partial charge in [0.1, 0.15) is 11.6 Å². The number of anilines is 3. The Morgan fingerprint density at radius 1 is 1.14 bits per heavy atom. The maximum absolute atomic E-state index is 5.39. The van der Waals surface area contributed by atoms with Gasteiger partial charge in [0, 0.05) is 23.9 Å². The zero-order chi connectivity index (χ0) is 14.2. The Morgan fingerprint density at radius 2 is 2.10 bits per heavy atom. The molecule has 0 fully saturated rings. The van der Waals surface area contributed by atoms with E-state index in [1.165, 1.54) is 0 Å². The van der Waals surface area contributed by atoms with Gasteiger partial charge in [0.05, 0.1) is 17.6 Å². The van der Waals surface area contributed by atoms with Crippen LogP contribution >= 0.6 is 0 Å². The number of hydrogen-bond donors (Lipinski definition) is 2. The summed E-state index contributed by atoms with van der Waals surface area (Å²) >= 11 is 0.